The van der Waals surface area contributed by atoms with Gasteiger partial charge in [-0.25, -0.2) is 9.69 Å². The quantitative estimate of drug-likeness (QED) is 0.792. The predicted molar refractivity (Wildman–Crippen MR) is 74.8 cm³/mol. The predicted octanol–water partition coefficient (Wildman–Crippen LogP) is 1.87. The minimum Gasteiger partial charge on any atom is -0.393 e. The maximum Gasteiger partial charge on any atom is 0.417 e. The number of hydrogen-bond acceptors (Lipinski definition) is 4. The minimum atomic E-state index is -4.78. The number of amides is 3. The summed E-state index contributed by atoms with van der Waals surface area (Å²) in [5, 5.41) is 18.4. The van der Waals surface area contributed by atoms with E-state index in [1.807, 2.05) is 0 Å². The third-order valence-electron chi connectivity index (χ3n) is 4.20. The lowest BCUT2D eigenvalue weighted by atomic mass is 10.0. The van der Waals surface area contributed by atoms with E-state index in [0.29, 0.717) is 17.4 Å². The van der Waals surface area contributed by atoms with Gasteiger partial charge in [-0.15, -0.1) is 0 Å². The first-order chi connectivity index (χ1) is 11.2. The molecule has 1 aromatic carbocycles. The number of hydrogen-bond donors (Lipinski definition) is 1. The maximum atomic E-state index is 13.1. The average Bonchev–Trinajstić information content (AvgIpc) is 2.77. The Morgan fingerprint density at radius 2 is 2.00 bits per heavy atom. The van der Waals surface area contributed by atoms with Gasteiger partial charge in [0.1, 0.15) is 6.04 Å². The molecule has 3 amide bonds. The highest BCUT2D eigenvalue weighted by atomic mass is 19.4. The summed E-state index contributed by atoms with van der Waals surface area (Å²) in [4.78, 5) is 26.7. The number of benzene rings is 1. The molecule has 0 radical (unpaired) electrons. The van der Waals surface area contributed by atoms with Gasteiger partial charge in [0.15, 0.2) is 0 Å². The van der Waals surface area contributed by atoms with E-state index < -0.39 is 41.4 Å². The van der Waals surface area contributed by atoms with E-state index in [-0.39, 0.29) is 18.7 Å². The molecule has 6 nitrogen and oxygen atoms in total. The van der Waals surface area contributed by atoms with Crippen molar-refractivity contribution in [2.24, 2.45) is 0 Å². The van der Waals surface area contributed by atoms with Gasteiger partial charge in [-0.1, -0.05) is 0 Å². The molecular weight excluding hydrogens is 327 g/mol. The zero-order valence-corrected chi connectivity index (χ0v) is 12.2. The van der Waals surface area contributed by atoms with Gasteiger partial charge in [-0.3, -0.25) is 4.79 Å². The third-order valence-corrected chi connectivity index (χ3v) is 4.20. The summed E-state index contributed by atoms with van der Waals surface area (Å²) in [6, 6.07) is 2.56. The molecule has 0 spiro atoms. The van der Waals surface area contributed by atoms with Crippen molar-refractivity contribution in [3.8, 4) is 6.07 Å². The van der Waals surface area contributed by atoms with Gasteiger partial charge in [0.05, 0.1) is 29.0 Å². The van der Waals surface area contributed by atoms with Crippen molar-refractivity contribution in [2.45, 2.75) is 31.2 Å². The van der Waals surface area contributed by atoms with Crippen LogP contribution in [0.5, 0.6) is 0 Å². The van der Waals surface area contributed by atoms with Crippen molar-refractivity contribution < 1.29 is 27.9 Å². The fraction of sp³-hybridized carbons (Fsp3) is 0.400. The Kier molecular flexibility index (Phi) is 3.72. The van der Waals surface area contributed by atoms with Gasteiger partial charge in [0, 0.05) is 13.0 Å². The van der Waals surface area contributed by atoms with E-state index in [9.17, 15) is 27.9 Å². The molecule has 2 fully saturated rings. The molecule has 9 heteroatoms. The second kappa shape index (κ2) is 5.49. The van der Waals surface area contributed by atoms with Crippen LogP contribution in [0.2, 0.25) is 0 Å². The fourth-order valence-corrected chi connectivity index (χ4v) is 3.02. The molecular formula is C15H12F3N3O3. The number of imide groups is 1. The number of alkyl halides is 3. The van der Waals surface area contributed by atoms with Crippen molar-refractivity contribution >= 4 is 17.6 Å². The van der Waals surface area contributed by atoms with E-state index in [2.05, 4.69) is 0 Å². The van der Waals surface area contributed by atoms with Crippen molar-refractivity contribution in [2.75, 3.05) is 11.4 Å². The number of carbonyl (C=O) groups excluding carboxylic acids is 2. The molecule has 0 saturated carbocycles. The smallest absolute Gasteiger partial charge is 0.393 e. The number of anilines is 1. The van der Waals surface area contributed by atoms with Crippen molar-refractivity contribution in [1.29, 1.82) is 5.26 Å². The van der Waals surface area contributed by atoms with Crippen LogP contribution in [0.1, 0.15) is 24.0 Å². The summed E-state index contributed by atoms with van der Waals surface area (Å²) in [6.07, 6.45) is -5.14. The molecule has 0 unspecified atom stereocenters. The highest BCUT2D eigenvalue weighted by Crippen LogP contribution is 2.37. The summed E-state index contributed by atoms with van der Waals surface area (Å²) >= 11 is 0. The number of nitriles is 1. The molecule has 2 saturated heterocycles. The zero-order chi connectivity index (χ0) is 17.6. The lowest BCUT2D eigenvalue weighted by Gasteiger charge is -2.29. The molecule has 1 aromatic rings. The second-order valence-corrected chi connectivity index (χ2v) is 5.68. The van der Waals surface area contributed by atoms with Gasteiger partial charge < -0.3 is 10.0 Å². The van der Waals surface area contributed by atoms with E-state index in [4.69, 9.17) is 5.26 Å². The summed E-state index contributed by atoms with van der Waals surface area (Å²) in [5.41, 5.74) is -2.02. The second-order valence-electron chi connectivity index (χ2n) is 5.68. The van der Waals surface area contributed by atoms with Crippen LogP contribution in [0.15, 0.2) is 18.2 Å². The number of carbonyl (C=O) groups is 2. The number of urea groups is 1. The first kappa shape index (κ1) is 16.3. The van der Waals surface area contributed by atoms with Crippen molar-refractivity contribution in [1.82, 2.24) is 4.90 Å². The Bertz CT molecular complexity index is 757. The Balaban J connectivity index is 2.02. The average molecular weight is 339 g/mol. The molecule has 2 aliphatic heterocycles. The Labute approximate surface area is 134 Å². The number of fused-ring (bicyclic) bond motifs is 1. The van der Waals surface area contributed by atoms with Crippen molar-refractivity contribution in [3.63, 3.8) is 0 Å². The van der Waals surface area contributed by atoms with E-state index in [0.717, 1.165) is 12.1 Å². The van der Waals surface area contributed by atoms with Gasteiger partial charge in [0.25, 0.3) is 5.91 Å². The van der Waals surface area contributed by atoms with Crippen LogP contribution in [0.3, 0.4) is 0 Å². The standard InChI is InChI=1S/C15H12F3N3O3/c16-15(17,18)11-5-9(2-1-8(11)7-19)21-13(23)12-6-10(22)3-4-20(12)14(21)24/h1-2,5,10,12,22H,3-4,6H2/t10-,12+/m0/s1. The number of nitrogens with zero attached hydrogens (tertiary/aromatic N) is 3. The molecule has 0 aromatic heterocycles. The Morgan fingerprint density at radius 1 is 1.29 bits per heavy atom. The van der Waals surface area contributed by atoms with Crippen LogP contribution >= 0.6 is 0 Å². The minimum absolute atomic E-state index is 0.0590. The normalized spacial score (nSPS) is 24.1. The number of piperidine rings is 1. The molecule has 2 heterocycles. The number of aliphatic hydroxyl groups excluding tert-OH is 1. The first-order valence-electron chi connectivity index (χ1n) is 7.18. The molecule has 0 bridgehead atoms. The van der Waals surface area contributed by atoms with Crippen LogP contribution in [-0.2, 0) is 11.0 Å². The number of halogens is 3. The molecule has 24 heavy (non-hydrogen) atoms. The lowest BCUT2D eigenvalue weighted by molar-refractivity contribution is -0.137. The fourth-order valence-electron chi connectivity index (χ4n) is 3.02. The van der Waals surface area contributed by atoms with Crippen molar-refractivity contribution in [3.05, 3.63) is 29.3 Å². The summed E-state index contributed by atoms with van der Waals surface area (Å²) < 4.78 is 39.2. The molecule has 2 aliphatic rings. The van der Waals surface area contributed by atoms with Crippen LogP contribution < -0.4 is 4.90 Å². The van der Waals surface area contributed by atoms with Gasteiger partial charge in [0.2, 0.25) is 0 Å². The van der Waals surface area contributed by atoms with E-state index in [1.165, 1.54) is 11.0 Å². The Hall–Kier alpha value is -2.60. The lowest BCUT2D eigenvalue weighted by Crippen LogP contribution is -2.43. The monoisotopic (exact) mass is 339 g/mol. The summed E-state index contributed by atoms with van der Waals surface area (Å²) in [5.74, 6) is -0.670. The summed E-state index contributed by atoms with van der Waals surface area (Å²) in [7, 11) is 0. The van der Waals surface area contributed by atoms with E-state index >= 15 is 0 Å². The SMILES string of the molecule is N#Cc1ccc(N2C(=O)[C@H]3C[C@@H](O)CCN3C2=O)cc1C(F)(F)F. The molecule has 126 valence electrons. The summed E-state index contributed by atoms with van der Waals surface area (Å²) in [6.45, 7) is 0.162. The topological polar surface area (TPSA) is 84.6 Å². The van der Waals surface area contributed by atoms with E-state index in [1.54, 1.807) is 0 Å². The number of aliphatic hydroxyl groups is 1. The first-order valence-corrected chi connectivity index (χ1v) is 7.18. The highest BCUT2D eigenvalue weighted by Gasteiger charge is 2.48. The molecule has 2 atom stereocenters. The van der Waals surface area contributed by atoms with Crippen LogP contribution in [0.25, 0.3) is 0 Å². The van der Waals surface area contributed by atoms with Gasteiger partial charge >= 0.3 is 12.2 Å². The van der Waals surface area contributed by atoms with Crippen LogP contribution in [-0.4, -0.2) is 40.6 Å². The van der Waals surface area contributed by atoms with Gasteiger partial charge in [-0.2, -0.15) is 18.4 Å². The largest absolute Gasteiger partial charge is 0.417 e. The maximum absolute atomic E-state index is 13.1. The van der Waals surface area contributed by atoms with Crippen LogP contribution in [0, 0.1) is 11.3 Å². The highest BCUT2D eigenvalue weighted by molar-refractivity contribution is 6.21. The third kappa shape index (κ3) is 2.49. The molecule has 1 N–H and O–H groups in total. The number of rotatable bonds is 1. The molecule has 0 aliphatic carbocycles. The zero-order valence-electron chi connectivity index (χ0n) is 12.2. The Morgan fingerprint density at radius 3 is 2.62 bits per heavy atom. The molecule has 3 rings (SSSR count). The van der Waals surface area contributed by atoms with Crippen LogP contribution in [0.4, 0.5) is 23.7 Å². The van der Waals surface area contributed by atoms with Gasteiger partial charge in [-0.05, 0) is 24.6 Å².